The minimum absolute atomic E-state index is 0.0773. The van der Waals surface area contributed by atoms with E-state index < -0.39 is 5.97 Å². The van der Waals surface area contributed by atoms with Crippen molar-refractivity contribution in [3.63, 3.8) is 0 Å². The third-order valence-corrected chi connectivity index (χ3v) is 5.90. The van der Waals surface area contributed by atoms with E-state index in [0.29, 0.717) is 0 Å². The van der Waals surface area contributed by atoms with E-state index >= 15 is 0 Å². The molecule has 1 aromatic rings. The van der Waals surface area contributed by atoms with Crippen LogP contribution in [0.1, 0.15) is 82.4 Å². The number of carboxylic acids is 1. The van der Waals surface area contributed by atoms with Crippen LogP contribution in [-0.2, 0) is 4.79 Å². The van der Waals surface area contributed by atoms with Gasteiger partial charge in [-0.2, -0.15) is 11.8 Å². The van der Waals surface area contributed by atoms with Gasteiger partial charge in [0, 0.05) is 5.25 Å². The molecular weight excluding hydrogens is 316 g/mol. The number of hydrogen-bond acceptors (Lipinski definition) is 2. The minimum Gasteiger partial charge on any atom is -0.481 e. The van der Waals surface area contributed by atoms with Crippen LogP contribution in [0, 0.1) is 5.92 Å². The molecule has 24 heavy (non-hydrogen) atoms. The van der Waals surface area contributed by atoms with Crippen molar-refractivity contribution in [1.82, 2.24) is 0 Å². The van der Waals surface area contributed by atoms with E-state index in [-0.39, 0.29) is 11.7 Å². The second kappa shape index (κ2) is 13.3. The van der Waals surface area contributed by atoms with Gasteiger partial charge in [-0.15, -0.1) is 0 Å². The van der Waals surface area contributed by atoms with Gasteiger partial charge in [-0.25, -0.2) is 0 Å². The predicted octanol–water partition coefficient (Wildman–Crippen LogP) is 6.71. The highest BCUT2D eigenvalue weighted by molar-refractivity contribution is 7.99. The molecule has 1 N–H and O–H groups in total. The molecule has 0 fully saturated rings. The Hall–Kier alpha value is -0.960. The van der Waals surface area contributed by atoms with Gasteiger partial charge < -0.3 is 5.11 Å². The molecule has 1 atom stereocenters. The van der Waals surface area contributed by atoms with Gasteiger partial charge >= 0.3 is 5.97 Å². The summed E-state index contributed by atoms with van der Waals surface area (Å²) in [6.45, 7) is 4.53. The van der Waals surface area contributed by atoms with E-state index in [1.807, 2.05) is 42.1 Å². The molecule has 3 heteroatoms. The number of carboxylic acid groups (broad SMARTS) is 1. The number of benzene rings is 1. The maximum absolute atomic E-state index is 11.1. The van der Waals surface area contributed by atoms with E-state index in [9.17, 15) is 9.90 Å². The fourth-order valence-corrected chi connectivity index (χ4v) is 4.34. The van der Waals surface area contributed by atoms with Crippen LogP contribution < -0.4 is 0 Å². The van der Waals surface area contributed by atoms with Crippen molar-refractivity contribution in [2.24, 2.45) is 5.92 Å². The zero-order chi connectivity index (χ0) is 17.6. The highest BCUT2D eigenvalue weighted by Gasteiger charge is 2.16. The second-order valence-electron chi connectivity index (χ2n) is 6.66. The summed E-state index contributed by atoms with van der Waals surface area (Å²) >= 11 is 1.81. The maximum Gasteiger partial charge on any atom is 0.304 e. The van der Waals surface area contributed by atoms with Gasteiger partial charge in [-0.1, -0.05) is 82.7 Å². The van der Waals surface area contributed by atoms with Gasteiger partial charge in [0.25, 0.3) is 0 Å². The van der Waals surface area contributed by atoms with Gasteiger partial charge in [0.15, 0.2) is 0 Å². The van der Waals surface area contributed by atoms with Gasteiger partial charge in [0.05, 0.1) is 6.42 Å². The van der Waals surface area contributed by atoms with E-state index in [2.05, 4.69) is 13.8 Å². The quantitative estimate of drug-likeness (QED) is 0.379. The number of thioether (sulfide) groups is 1. The molecule has 2 nitrogen and oxygen atoms in total. The number of aliphatic carboxylic acids is 1. The Bertz CT molecular complexity index is 425. The zero-order valence-electron chi connectivity index (χ0n) is 15.4. The van der Waals surface area contributed by atoms with E-state index in [4.69, 9.17) is 0 Å². The van der Waals surface area contributed by atoms with Crippen molar-refractivity contribution in [2.75, 3.05) is 5.75 Å². The fourth-order valence-electron chi connectivity index (χ4n) is 3.12. The molecule has 0 bridgehead atoms. The molecule has 0 radical (unpaired) electrons. The summed E-state index contributed by atoms with van der Waals surface area (Å²) in [4.78, 5) is 11.1. The van der Waals surface area contributed by atoms with Crippen LogP contribution in [0.15, 0.2) is 30.3 Å². The summed E-state index contributed by atoms with van der Waals surface area (Å²) in [7, 11) is 0. The number of unbranched alkanes of at least 4 members (excludes halogenated alkanes) is 2. The Kier molecular flexibility index (Phi) is 11.7. The molecule has 1 aromatic carbocycles. The molecule has 0 amide bonds. The average molecular weight is 351 g/mol. The summed E-state index contributed by atoms with van der Waals surface area (Å²) in [6, 6.07) is 10.1. The van der Waals surface area contributed by atoms with Crippen LogP contribution in [-0.4, -0.2) is 16.8 Å². The first-order valence-electron chi connectivity index (χ1n) is 9.55. The highest BCUT2D eigenvalue weighted by atomic mass is 32.2. The first kappa shape index (κ1) is 21.1. The third-order valence-electron chi connectivity index (χ3n) is 4.54. The summed E-state index contributed by atoms with van der Waals surface area (Å²) in [6.07, 6.45) is 10.7. The molecule has 1 rings (SSSR count). The van der Waals surface area contributed by atoms with Crippen LogP contribution in [0.5, 0.6) is 0 Å². The lowest BCUT2D eigenvalue weighted by molar-refractivity contribution is -0.137. The first-order chi connectivity index (χ1) is 11.7. The largest absolute Gasteiger partial charge is 0.481 e. The fraction of sp³-hybridized carbons (Fsp3) is 0.667. The van der Waals surface area contributed by atoms with Crippen molar-refractivity contribution in [3.8, 4) is 0 Å². The standard InChI is InChI=1S/C21H34O2S/c1-3-5-11-18(12-6-4-2)13-10-16-24-20(17-21(22)23)19-14-8-7-9-15-19/h7-9,14-15,18,20H,3-6,10-13,16-17H2,1-2H3,(H,22,23). The van der Waals surface area contributed by atoms with Crippen LogP contribution in [0.3, 0.4) is 0 Å². The van der Waals surface area contributed by atoms with Crippen LogP contribution in [0.4, 0.5) is 0 Å². The highest BCUT2D eigenvalue weighted by Crippen LogP contribution is 2.33. The van der Waals surface area contributed by atoms with Crippen molar-refractivity contribution < 1.29 is 9.90 Å². The molecule has 136 valence electrons. The molecule has 0 aliphatic carbocycles. The van der Waals surface area contributed by atoms with Crippen molar-refractivity contribution in [3.05, 3.63) is 35.9 Å². The molecule has 0 saturated heterocycles. The smallest absolute Gasteiger partial charge is 0.304 e. The van der Waals surface area contributed by atoms with Crippen LogP contribution in [0.2, 0.25) is 0 Å². The van der Waals surface area contributed by atoms with E-state index in [1.165, 1.54) is 51.4 Å². The number of hydrogen-bond donors (Lipinski definition) is 1. The monoisotopic (exact) mass is 350 g/mol. The van der Waals surface area contributed by atoms with Gasteiger partial charge in [-0.05, 0) is 30.1 Å². The van der Waals surface area contributed by atoms with E-state index in [0.717, 1.165) is 17.2 Å². The number of rotatable bonds is 14. The molecule has 0 aliphatic rings. The molecule has 0 aliphatic heterocycles. The third kappa shape index (κ3) is 9.36. The molecule has 0 spiro atoms. The lowest BCUT2D eigenvalue weighted by atomic mass is 9.92. The summed E-state index contributed by atoms with van der Waals surface area (Å²) in [5.41, 5.74) is 1.14. The summed E-state index contributed by atoms with van der Waals surface area (Å²) in [5.74, 6) is 1.21. The zero-order valence-corrected chi connectivity index (χ0v) is 16.2. The Morgan fingerprint density at radius 3 is 2.12 bits per heavy atom. The molecule has 0 aromatic heterocycles. The molecule has 0 saturated carbocycles. The maximum atomic E-state index is 11.1. The SMILES string of the molecule is CCCCC(CCCC)CCCSC(CC(=O)O)c1ccccc1. The Labute approximate surface area is 152 Å². The predicted molar refractivity (Wildman–Crippen MR) is 106 cm³/mol. The molecule has 1 unspecified atom stereocenters. The lowest BCUT2D eigenvalue weighted by Crippen LogP contribution is -2.05. The minimum atomic E-state index is -0.708. The van der Waals surface area contributed by atoms with Crippen molar-refractivity contribution >= 4 is 17.7 Å². The normalized spacial score (nSPS) is 12.5. The van der Waals surface area contributed by atoms with Gasteiger partial charge in [0.2, 0.25) is 0 Å². The average Bonchev–Trinajstić information content (AvgIpc) is 2.59. The second-order valence-corrected chi connectivity index (χ2v) is 7.97. The Morgan fingerprint density at radius 1 is 1.00 bits per heavy atom. The number of carbonyl (C=O) groups is 1. The van der Waals surface area contributed by atoms with Crippen LogP contribution >= 0.6 is 11.8 Å². The summed E-state index contributed by atoms with van der Waals surface area (Å²) in [5, 5.41) is 9.25. The van der Waals surface area contributed by atoms with Gasteiger partial charge in [-0.3, -0.25) is 4.79 Å². The lowest BCUT2D eigenvalue weighted by Gasteiger charge is -2.18. The van der Waals surface area contributed by atoms with Crippen molar-refractivity contribution in [2.45, 2.75) is 76.9 Å². The van der Waals surface area contributed by atoms with E-state index in [1.54, 1.807) is 0 Å². The molecule has 0 heterocycles. The van der Waals surface area contributed by atoms with Gasteiger partial charge in [0.1, 0.15) is 0 Å². The van der Waals surface area contributed by atoms with Crippen molar-refractivity contribution in [1.29, 1.82) is 0 Å². The molecular formula is C21H34O2S. The Balaban J connectivity index is 2.41. The topological polar surface area (TPSA) is 37.3 Å². The Morgan fingerprint density at radius 2 is 1.58 bits per heavy atom. The van der Waals surface area contributed by atoms with Crippen LogP contribution in [0.25, 0.3) is 0 Å². The first-order valence-corrected chi connectivity index (χ1v) is 10.6. The summed E-state index contributed by atoms with van der Waals surface area (Å²) < 4.78 is 0.